The summed E-state index contributed by atoms with van der Waals surface area (Å²) < 4.78 is 9.44. The van der Waals surface area contributed by atoms with E-state index in [0.717, 1.165) is 12.1 Å². The number of carbonyl (C=O) groups is 1. The Morgan fingerprint density at radius 2 is 2.05 bits per heavy atom. The van der Waals surface area contributed by atoms with Crippen LogP contribution in [0, 0.1) is 0 Å². The standard InChI is InChI=1S/C12H14O8/c13-7-2-1-6(3-8(7)14)10(16)19-4-12(18)5-20-11(17)9(12)15/h1-3,9,11,13-15,17-18H,4-5H2/t9-,11+,12+/m0/s1. The lowest BCUT2D eigenvalue weighted by atomic mass is 10.0. The van der Waals surface area contributed by atoms with Gasteiger partial charge in [0.25, 0.3) is 0 Å². The molecule has 0 unspecified atom stereocenters. The molecule has 1 aliphatic heterocycles. The molecular weight excluding hydrogens is 272 g/mol. The van der Waals surface area contributed by atoms with Crippen molar-refractivity contribution in [3.63, 3.8) is 0 Å². The summed E-state index contributed by atoms with van der Waals surface area (Å²) in [7, 11) is 0. The minimum absolute atomic E-state index is 0.0437. The van der Waals surface area contributed by atoms with E-state index >= 15 is 0 Å². The van der Waals surface area contributed by atoms with Gasteiger partial charge in [0.05, 0.1) is 12.2 Å². The molecule has 1 heterocycles. The molecule has 1 fully saturated rings. The molecule has 8 nitrogen and oxygen atoms in total. The van der Waals surface area contributed by atoms with Crippen molar-refractivity contribution in [3.05, 3.63) is 23.8 Å². The van der Waals surface area contributed by atoms with Crippen LogP contribution >= 0.6 is 0 Å². The van der Waals surface area contributed by atoms with Gasteiger partial charge in [0.1, 0.15) is 12.7 Å². The van der Waals surface area contributed by atoms with Gasteiger partial charge in [-0.25, -0.2) is 4.79 Å². The van der Waals surface area contributed by atoms with Crippen LogP contribution in [0.15, 0.2) is 18.2 Å². The lowest BCUT2D eigenvalue weighted by Crippen LogP contribution is -2.48. The van der Waals surface area contributed by atoms with Crippen molar-refractivity contribution in [2.75, 3.05) is 13.2 Å². The van der Waals surface area contributed by atoms with E-state index in [-0.39, 0.29) is 17.9 Å². The number of aliphatic hydroxyl groups excluding tert-OH is 2. The normalized spacial score (nSPS) is 29.4. The molecule has 1 aromatic rings. The SMILES string of the molecule is O=C(OC[C@@]1(O)CO[C@@H](O)[C@@H]1O)c1ccc(O)c(O)c1. The van der Waals surface area contributed by atoms with E-state index in [9.17, 15) is 20.1 Å². The Morgan fingerprint density at radius 3 is 2.60 bits per heavy atom. The second-order valence-electron chi connectivity index (χ2n) is 4.53. The summed E-state index contributed by atoms with van der Waals surface area (Å²) in [4.78, 5) is 11.7. The van der Waals surface area contributed by atoms with E-state index in [4.69, 9.17) is 14.9 Å². The maximum absolute atomic E-state index is 11.7. The van der Waals surface area contributed by atoms with E-state index in [2.05, 4.69) is 4.74 Å². The second kappa shape index (κ2) is 5.25. The number of aliphatic hydroxyl groups is 3. The maximum Gasteiger partial charge on any atom is 0.338 e. The molecule has 0 spiro atoms. The molecule has 20 heavy (non-hydrogen) atoms. The Morgan fingerprint density at radius 1 is 1.35 bits per heavy atom. The minimum atomic E-state index is -1.89. The number of esters is 1. The van der Waals surface area contributed by atoms with E-state index < -0.39 is 36.3 Å². The summed E-state index contributed by atoms with van der Waals surface area (Å²) in [6, 6.07) is 3.33. The zero-order valence-electron chi connectivity index (χ0n) is 10.3. The highest BCUT2D eigenvalue weighted by Crippen LogP contribution is 2.27. The fraction of sp³-hybridized carbons (Fsp3) is 0.417. The van der Waals surface area contributed by atoms with Crippen LogP contribution in [-0.2, 0) is 9.47 Å². The predicted octanol–water partition coefficient (Wildman–Crippen LogP) is -1.30. The summed E-state index contributed by atoms with van der Waals surface area (Å²) in [6.45, 7) is -0.977. The van der Waals surface area contributed by atoms with E-state index in [0.29, 0.717) is 0 Å². The van der Waals surface area contributed by atoms with Crippen molar-refractivity contribution in [3.8, 4) is 11.5 Å². The number of rotatable bonds is 3. The molecule has 1 aromatic carbocycles. The lowest BCUT2D eigenvalue weighted by molar-refractivity contribution is -0.129. The lowest BCUT2D eigenvalue weighted by Gasteiger charge is -2.24. The zero-order valence-corrected chi connectivity index (χ0v) is 10.3. The van der Waals surface area contributed by atoms with Crippen LogP contribution < -0.4 is 0 Å². The average Bonchev–Trinajstić information content (AvgIpc) is 2.68. The third-order valence-electron chi connectivity index (χ3n) is 2.99. The topological polar surface area (TPSA) is 137 Å². The predicted molar refractivity (Wildman–Crippen MR) is 63.0 cm³/mol. The molecular formula is C12H14O8. The van der Waals surface area contributed by atoms with Gasteiger partial charge in [-0.1, -0.05) is 0 Å². The fourth-order valence-corrected chi connectivity index (χ4v) is 1.72. The molecule has 1 saturated heterocycles. The summed E-state index contributed by atoms with van der Waals surface area (Å²) in [5, 5.41) is 46.9. The number of benzene rings is 1. The number of phenolic OH excluding ortho intramolecular Hbond substituents is 2. The quantitative estimate of drug-likeness (QED) is 0.341. The highest BCUT2D eigenvalue weighted by atomic mass is 16.6. The zero-order chi connectivity index (χ0) is 14.9. The Bertz CT molecular complexity index is 516. The van der Waals surface area contributed by atoms with Crippen LogP contribution in [0.5, 0.6) is 11.5 Å². The summed E-state index contributed by atoms with van der Waals surface area (Å²) in [6.07, 6.45) is -3.14. The molecule has 5 N–H and O–H groups in total. The van der Waals surface area contributed by atoms with Gasteiger partial charge in [-0.3, -0.25) is 0 Å². The first kappa shape index (κ1) is 14.5. The first-order chi connectivity index (χ1) is 9.33. The second-order valence-corrected chi connectivity index (χ2v) is 4.53. The van der Waals surface area contributed by atoms with Gasteiger partial charge in [0.15, 0.2) is 23.4 Å². The van der Waals surface area contributed by atoms with Gasteiger partial charge in [-0.05, 0) is 18.2 Å². The number of hydrogen-bond acceptors (Lipinski definition) is 8. The average molecular weight is 286 g/mol. The fourth-order valence-electron chi connectivity index (χ4n) is 1.72. The molecule has 3 atom stereocenters. The first-order valence-corrected chi connectivity index (χ1v) is 5.73. The maximum atomic E-state index is 11.7. The van der Waals surface area contributed by atoms with Gasteiger partial charge in [0.2, 0.25) is 0 Å². The molecule has 2 rings (SSSR count). The Balaban J connectivity index is 2.00. The summed E-state index contributed by atoms with van der Waals surface area (Å²) in [5.74, 6) is -1.75. The number of phenols is 2. The van der Waals surface area contributed by atoms with Gasteiger partial charge in [-0.15, -0.1) is 0 Å². The molecule has 0 aromatic heterocycles. The molecule has 1 aliphatic rings. The molecule has 0 amide bonds. The Kier molecular flexibility index (Phi) is 3.82. The first-order valence-electron chi connectivity index (χ1n) is 5.73. The van der Waals surface area contributed by atoms with Crippen LogP contribution in [0.1, 0.15) is 10.4 Å². The summed E-state index contributed by atoms with van der Waals surface area (Å²) >= 11 is 0. The van der Waals surface area contributed by atoms with E-state index in [1.165, 1.54) is 6.07 Å². The largest absolute Gasteiger partial charge is 0.504 e. The number of carbonyl (C=O) groups excluding carboxylic acids is 1. The smallest absolute Gasteiger partial charge is 0.338 e. The van der Waals surface area contributed by atoms with Gasteiger partial charge < -0.3 is 35.0 Å². The van der Waals surface area contributed by atoms with E-state index in [1.54, 1.807) is 0 Å². The minimum Gasteiger partial charge on any atom is -0.504 e. The molecule has 110 valence electrons. The van der Waals surface area contributed by atoms with Crippen molar-refractivity contribution in [2.24, 2.45) is 0 Å². The molecule has 8 heteroatoms. The van der Waals surface area contributed by atoms with Crippen molar-refractivity contribution >= 4 is 5.97 Å². The number of ether oxygens (including phenoxy) is 2. The Labute approximate surface area is 113 Å². The van der Waals surface area contributed by atoms with Crippen LogP contribution in [0.2, 0.25) is 0 Å². The van der Waals surface area contributed by atoms with E-state index in [1.807, 2.05) is 0 Å². The van der Waals surface area contributed by atoms with Crippen LogP contribution in [0.3, 0.4) is 0 Å². The third-order valence-corrected chi connectivity index (χ3v) is 2.99. The Hall–Kier alpha value is -1.87. The van der Waals surface area contributed by atoms with Crippen molar-refractivity contribution in [1.82, 2.24) is 0 Å². The van der Waals surface area contributed by atoms with Gasteiger partial charge in [0, 0.05) is 0 Å². The summed E-state index contributed by atoms with van der Waals surface area (Å²) in [5.41, 5.74) is -1.94. The third kappa shape index (κ3) is 2.68. The molecule has 0 aliphatic carbocycles. The highest BCUT2D eigenvalue weighted by molar-refractivity contribution is 5.90. The number of hydrogen-bond donors (Lipinski definition) is 5. The highest BCUT2D eigenvalue weighted by Gasteiger charge is 2.48. The van der Waals surface area contributed by atoms with Crippen LogP contribution in [-0.4, -0.2) is 62.7 Å². The monoisotopic (exact) mass is 286 g/mol. The van der Waals surface area contributed by atoms with Crippen LogP contribution in [0.25, 0.3) is 0 Å². The molecule has 0 bridgehead atoms. The molecule has 0 radical (unpaired) electrons. The van der Waals surface area contributed by atoms with Gasteiger partial charge in [-0.2, -0.15) is 0 Å². The van der Waals surface area contributed by atoms with Crippen LogP contribution in [0.4, 0.5) is 0 Å². The molecule has 0 saturated carbocycles. The number of aromatic hydroxyl groups is 2. The van der Waals surface area contributed by atoms with Crippen molar-refractivity contribution in [2.45, 2.75) is 18.0 Å². The van der Waals surface area contributed by atoms with Gasteiger partial charge >= 0.3 is 5.97 Å². The van der Waals surface area contributed by atoms with Crippen molar-refractivity contribution < 1.29 is 39.8 Å². The van der Waals surface area contributed by atoms with Crippen molar-refractivity contribution in [1.29, 1.82) is 0 Å².